The lowest BCUT2D eigenvalue weighted by Gasteiger charge is -2.32. The van der Waals surface area contributed by atoms with Crippen LogP contribution < -0.4 is 0 Å². The maximum absolute atomic E-state index is 3.90. The van der Waals surface area contributed by atoms with Crippen molar-refractivity contribution in [3.63, 3.8) is 0 Å². The zero-order valence-electron chi connectivity index (χ0n) is 20.0. The van der Waals surface area contributed by atoms with Crippen LogP contribution in [-0.4, -0.2) is 0 Å². The fourth-order valence-corrected chi connectivity index (χ4v) is 5.34. The summed E-state index contributed by atoms with van der Waals surface area (Å²) in [4.78, 5) is 0. The van der Waals surface area contributed by atoms with E-state index < -0.39 is 0 Å². The lowest BCUT2D eigenvalue weighted by molar-refractivity contribution is 0.642. The molecule has 0 heteroatoms. The SMILES string of the molecule is C=CC=CCC1(c2ccc(CCCCCC)cc2)c2cc(C)ccc2-c2ccc(C)cc21. The summed E-state index contributed by atoms with van der Waals surface area (Å²) in [6, 6.07) is 23.5. The van der Waals surface area contributed by atoms with Gasteiger partial charge in [0.05, 0.1) is 0 Å². The minimum atomic E-state index is -0.164. The van der Waals surface area contributed by atoms with E-state index in [1.165, 1.54) is 76.6 Å². The van der Waals surface area contributed by atoms with Crippen molar-refractivity contribution in [1.82, 2.24) is 0 Å². The topological polar surface area (TPSA) is 0 Å². The maximum atomic E-state index is 3.90. The van der Waals surface area contributed by atoms with Crippen LogP contribution in [0.25, 0.3) is 11.1 Å². The molecule has 3 aromatic rings. The molecule has 0 nitrogen and oxygen atoms in total. The fourth-order valence-electron chi connectivity index (χ4n) is 5.34. The van der Waals surface area contributed by atoms with Crippen LogP contribution in [0.5, 0.6) is 0 Å². The first-order valence-electron chi connectivity index (χ1n) is 12.2. The fraction of sp³-hybridized carbons (Fsp3) is 0.312. The second kappa shape index (κ2) is 9.74. The Labute approximate surface area is 194 Å². The highest BCUT2D eigenvalue weighted by atomic mass is 14.5. The van der Waals surface area contributed by atoms with Crippen molar-refractivity contribution in [2.24, 2.45) is 0 Å². The molecule has 0 unspecified atom stereocenters. The van der Waals surface area contributed by atoms with Gasteiger partial charge in [-0.15, -0.1) is 0 Å². The van der Waals surface area contributed by atoms with E-state index in [1.54, 1.807) is 0 Å². The number of fused-ring (bicyclic) bond motifs is 3. The highest BCUT2D eigenvalue weighted by Gasteiger charge is 2.43. The maximum Gasteiger partial charge on any atom is 0.0498 e. The van der Waals surface area contributed by atoms with Gasteiger partial charge >= 0.3 is 0 Å². The van der Waals surface area contributed by atoms with Crippen LogP contribution in [0.15, 0.2) is 85.5 Å². The number of allylic oxidation sites excluding steroid dienone is 3. The van der Waals surface area contributed by atoms with Crippen molar-refractivity contribution in [3.8, 4) is 11.1 Å². The molecule has 0 radical (unpaired) electrons. The second-order valence-corrected chi connectivity index (χ2v) is 9.38. The molecule has 0 amide bonds. The average Bonchev–Trinajstić information content (AvgIpc) is 3.06. The molecule has 1 aliphatic carbocycles. The molecule has 3 aromatic carbocycles. The molecule has 32 heavy (non-hydrogen) atoms. The van der Waals surface area contributed by atoms with E-state index >= 15 is 0 Å². The summed E-state index contributed by atoms with van der Waals surface area (Å²) in [5.74, 6) is 0. The Morgan fingerprint density at radius 2 is 1.41 bits per heavy atom. The molecule has 0 fully saturated rings. The van der Waals surface area contributed by atoms with E-state index in [4.69, 9.17) is 0 Å². The van der Waals surface area contributed by atoms with E-state index in [1.807, 2.05) is 6.08 Å². The summed E-state index contributed by atoms with van der Waals surface area (Å²) in [6.45, 7) is 10.6. The predicted molar refractivity (Wildman–Crippen MR) is 139 cm³/mol. The summed E-state index contributed by atoms with van der Waals surface area (Å²) in [5, 5.41) is 0. The Morgan fingerprint density at radius 3 is 1.97 bits per heavy atom. The van der Waals surface area contributed by atoms with E-state index in [0.29, 0.717) is 0 Å². The van der Waals surface area contributed by atoms with Crippen LogP contribution in [0.3, 0.4) is 0 Å². The third kappa shape index (κ3) is 4.11. The van der Waals surface area contributed by atoms with Crippen molar-refractivity contribution in [2.45, 2.75) is 64.7 Å². The van der Waals surface area contributed by atoms with Gasteiger partial charge < -0.3 is 0 Å². The van der Waals surface area contributed by atoms with Gasteiger partial charge in [0.15, 0.2) is 0 Å². The van der Waals surface area contributed by atoms with Gasteiger partial charge in [-0.2, -0.15) is 0 Å². The average molecular weight is 421 g/mol. The Morgan fingerprint density at radius 1 is 0.781 bits per heavy atom. The zero-order valence-corrected chi connectivity index (χ0v) is 20.0. The summed E-state index contributed by atoms with van der Waals surface area (Å²) in [5.41, 5.74) is 10.9. The quantitative estimate of drug-likeness (QED) is 0.239. The van der Waals surface area contributed by atoms with Gasteiger partial charge in [0, 0.05) is 5.41 Å². The molecule has 0 spiro atoms. The third-order valence-electron chi connectivity index (χ3n) is 7.02. The zero-order chi connectivity index (χ0) is 22.6. The molecular formula is C32H36. The first kappa shape index (κ1) is 22.3. The molecule has 0 N–H and O–H groups in total. The molecule has 0 aliphatic heterocycles. The van der Waals surface area contributed by atoms with Gasteiger partial charge in [-0.05, 0) is 66.5 Å². The summed E-state index contributed by atoms with van der Waals surface area (Å²) >= 11 is 0. The normalized spacial score (nSPS) is 13.8. The third-order valence-corrected chi connectivity index (χ3v) is 7.02. The van der Waals surface area contributed by atoms with Gasteiger partial charge in [-0.3, -0.25) is 0 Å². The van der Waals surface area contributed by atoms with Crippen molar-refractivity contribution in [3.05, 3.63) is 119 Å². The first-order valence-corrected chi connectivity index (χ1v) is 12.2. The minimum absolute atomic E-state index is 0.164. The minimum Gasteiger partial charge on any atom is -0.0991 e. The van der Waals surface area contributed by atoms with Crippen molar-refractivity contribution >= 4 is 0 Å². The molecular weight excluding hydrogens is 384 g/mol. The summed E-state index contributed by atoms with van der Waals surface area (Å²) in [7, 11) is 0. The Balaban J connectivity index is 1.84. The second-order valence-electron chi connectivity index (χ2n) is 9.38. The van der Waals surface area contributed by atoms with E-state index in [2.05, 4.69) is 100 Å². The van der Waals surface area contributed by atoms with Crippen LogP contribution in [0.2, 0.25) is 0 Å². The van der Waals surface area contributed by atoms with Crippen molar-refractivity contribution in [1.29, 1.82) is 0 Å². The van der Waals surface area contributed by atoms with Crippen LogP contribution in [0.4, 0.5) is 0 Å². The Bertz CT molecular complexity index is 1060. The molecule has 0 aromatic heterocycles. The lowest BCUT2D eigenvalue weighted by Crippen LogP contribution is -2.26. The molecule has 0 saturated heterocycles. The van der Waals surface area contributed by atoms with Gasteiger partial charge in [-0.1, -0.05) is 123 Å². The number of hydrogen-bond acceptors (Lipinski definition) is 0. The number of benzene rings is 3. The van der Waals surface area contributed by atoms with Crippen LogP contribution >= 0.6 is 0 Å². The van der Waals surface area contributed by atoms with Crippen LogP contribution in [0.1, 0.15) is 72.4 Å². The molecule has 4 rings (SSSR count). The monoisotopic (exact) mass is 420 g/mol. The molecule has 0 atom stereocenters. The molecule has 1 aliphatic rings. The molecule has 0 saturated carbocycles. The first-order chi connectivity index (χ1) is 15.6. The standard InChI is InChI=1S/C32H36/c1-5-7-9-10-12-26-15-17-27(18-16-26)32(21-11-8-6-2)30-22-24(3)13-19-28(30)29-20-14-25(4)23-31(29)32/h6,8,11,13-20,22-23H,2,5,7,9-10,12,21H2,1,3-4H3. The van der Waals surface area contributed by atoms with Gasteiger partial charge in [-0.25, -0.2) is 0 Å². The van der Waals surface area contributed by atoms with Gasteiger partial charge in [0.2, 0.25) is 0 Å². The van der Waals surface area contributed by atoms with E-state index in [9.17, 15) is 0 Å². The van der Waals surface area contributed by atoms with Crippen molar-refractivity contribution < 1.29 is 0 Å². The number of aryl methyl sites for hydroxylation is 3. The van der Waals surface area contributed by atoms with Gasteiger partial charge in [0.1, 0.15) is 0 Å². The smallest absolute Gasteiger partial charge is 0.0498 e. The number of rotatable bonds is 9. The van der Waals surface area contributed by atoms with Crippen LogP contribution in [-0.2, 0) is 11.8 Å². The Hall–Kier alpha value is -2.86. The van der Waals surface area contributed by atoms with Crippen LogP contribution in [0, 0.1) is 13.8 Å². The van der Waals surface area contributed by atoms with E-state index in [0.717, 1.165) is 6.42 Å². The van der Waals surface area contributed by atoms with Crippen molar-refractivity contribution in [2.75, 3.05) is 0 Å². The largest absolute Gasteiger partial charge is 0.0991 e. The lowest BCUT2D eigenvalue weighted by atomic mass is 9.69. The number of unbranched alkanes of at least 4 members (excludes halogenated alkanes) is 3. The summed E-state index contributed by atoms with van der Waals surface area (Å²) in [6.07, 6.45) is 13.6. The summed E-state index contributed by atoms with van der Waals surface area (Å²) < 4.78 is 0. The predicted octanol–water partition coefficient (Wildman–Crippen LogP) is 8.87. The van der Waals surface area contributed by atoms with E-state index in [-0.39, 0.29) is 5.41 Å². The highest BCUT2D eigenvalue weighted by Crippen LogP contribution is 2.55. The highest BCUT2D eigenvalue weighted by molar-refractivity contribution is 5.84. The molecule has 164 valence electrons. The molecule has 0 heterocycles. The Kier molecular flexibility index (Phi) is 6.80. The number of hydrogen-bond donors (Lipinski definition) is 0. The van der Waals surface area contributed by atoms with Gasteiger partial charge in [0.25, 0.3) is 0 Å². The molecule has 0 bridgehead atoms.